The highest BCUT2D eigenvalue weighted by molar-refractivity contribution is 9.10. The molecule has 1 nitrogen and oxygen atoms in total. The number of rotatable bonds is 3. The SMILES string of the molecule is Cc1cccc(C)c1CC(=O)c1ccc(F)c(Br)c1. The van der Waals surface area contributed by atoms with E-state index in [1.165, 1.54) is 18.2 Å². The van der Waals surface area contributed by atoms with Gasteiger partial charge in [0.05, 0.1) is 4.47 Å². The fourth-order valence-corrected chi connectivity index (χ4v) is 2.44. The number of hydrogen-bond donors (Lipinski definition) is 0. The van der Waals surface area contributed by atoms with Crippen molar-refractivity contribution >= 4 is 21.7 Å². The summed E-state index contributed by atoms with van der Waals surface area (Å²) >= 11 is 3.10. The largest absolute Gasteiger partial charge is 0.294 e. The molecular formula is C16H14BrFO. The highest BCUT2D eigenvalue weighted by atomic mass is 79.9. The van der Waals surface area contributed by atoms with Crippen molar-refractivity contribution < 1.29 is 9.18 Å². The Labute approximate surface area is 120 Å². The first-order chi connectivity index (χ1) is 8.99. The van der Waals surface area contributed by atoms with E-state index in [-0.39, 0.29) is 11.6 Å². The lowest BCUT2D eigenvalue weighted by Crippen LogP contribution is -2.06. The first kappa shape index (κ1) is 13.9. The molecule has 0 bridgehead atoms. The lowest BCUT2D eigenvalue weighted by atomic mass is 9.95. The van der Waals surface area contributed by atoms with Gasteiger partial charge in [-0.3, -0.25) is 4.79 Å². The van der Waals surface area contributed by atoms with Crippen molar-refractivity contribution in [3.05, 3.63) is 68.9 Å². The molecule has 3 heteroatoms. The Morgan fingerprint density at radius 3 is 2.37 bits per heavy atom. The molecule has 0 N–H and O–H groups in total. The third-order valence-corrected chi connectivity index (χ3v) is 3.83. The summed E-state index contributed by atoms with van der Waals surface area (Å²) in [6.07, 6.45) is 0.344. The van der Waals surface area contributed by atoms with Crippen LogP contribution in [0.25, 0.3) is 0 Å². The molecular weight excluding hydrogens is 307 g/mol. The third kappa shape index (κ3) is 3.10. The average Bonchev–Trinajstić information content (AvgIpc) is 2.37. The summed E-state index contributed by atoms with van der Waals surface area (Å²) < 4.78 is 13.5. The fourth-order valence-electron chi connectivity index (χ4n) is 2.06. The zero-order chi connectivity index (χ0) is 14.0. The van der Waals surface area contributed by atoms with Gasteiger partial charge < -0.3 is 0 Å². The van der Waals surface area contributed by atoms with Crippen LogP contribution in [0.1, 0.15) is 27.0 Å². The van der Waals surface area contributed by atoms with E-state index < -0.39 is 0 Å². The summed E-state index contributed by atoms with van der Waals surface area (Å²) in [7, 11) is 0. The summed E-state index contributed by atoms with van der Waals surface area (Å²) in [5.41, 5.74) is 3.79. The Balaban J connectivity index is 2.28. The molecule has 0 fully saturated rings. The molecule has 2 aromatic rings. The second kappa shape index (κ2) is 5.66. The van der Waals surface area contributed by atoms with E-state index in [0.29, 0.717) is 16.5 Å². The van der Waals surface area contributed by atoms with E-state index in [4.69, 9.17) is 0 Å². The molecule has 0 saturated carbocycles. The van der Waals surface area contributed by atoms with E-state index in [0.717, 1.165) is 16.7 Å². The minimum absolute atomic E-state index is 0.00176. The molecule has 0 saturated heterocycles. The number of carbonyl (C=O) groups excluding carboxylic acids is 1. The van der Waals surface area contributed by atoms with Gasteiger partial charge in [-0.2, -0.15) is 0 Å². The maximum absolute atomic E-state index is 13.2. The van der Waals surface area contributed by atoms with Crippen LogP contribution in [-0.4, -0.2) is 5.78 Å². The van der Waals surface area contributed by atoms with Crippen LogP contribution in [0.2, 0.25) is 0 Å². The van der Waals surface area contributed by atoms with Gasteiger partial charge in [0, 0.05) is 12.0 Å². The zero-order valence-corrected chi connectivity index (χ0v) is 12.4. The van der Waals surface area contributed by atoms with E-state index in [1.54, 1.807) is 0 Å². The van der Waals surface area contributed by atoms with Crippen LogP contribution in [0.3, 0.4) is 0 Å². The fraction of sp³-hybridized carbons (Fsp3) is 0.188. The molecule has 0 spiro atoms. The third-order valence-electron chi connectivity index (χ3n) is 3.22. The predicted molar refractivity (Wildman–Crippen MR) is 78.1 cm³/mol. The van der Waals surface area contributed by atoms with Crippen LogP contribution in [0.5, 0.6) is 0 Å². The molecule has 2 rings (SSSR count). The zero-order valence-electron chi connectivity index (χ0n) is 10.8. The standard InChI is InChI=1S/C16H14BrFO/c1-10-4-3-5-11(2)13(10)9-16(19)12-6-7-15(18)14(17)8-12/h3-8H,9H2,1-2H3. The predicted octanol–water partition coefficient (Wildman–Crippen LogP) is 4.63. The monoisotopic (exact) mass is 320 g/mol. The van der Waals surface area contributed by atoms with Crippen molar-refractivity contribution in [1.82, 2.24) is 0 Å². The molecule has 0 atom stereocenters. The number of hydrogen-bond acceptors (Lipinski definition) is 1. The van der Waals surface area contributed by atoms with Gasteiger partial charge in [0.1, 0.15) is 5.82 Å². The van der Waals surface area contributed by atoms with Gasteiger partial charge in [0.2, 0.25) is 0 Å². The highest BCUT2D eigenvalue weighted by Gasteiger charge is 2.12. The molecule has 98 valence electrons. The number of carbonyl (C=O) groups is 1. The lowest BCUT2D eigenvalue weighted by molar-refractivity contribution is 0.0992. The number of aryl methyl sites for hydroxylation is 2. The summed E-state index contributed by atoms with van der Waals surface area (Å²) in [5, 5.41) is 0. The smallest absolute Gasteiger partial charge is 0.167 e. The molecule has 0 amide bonds. The van der Waals surface area contributed by atoms with Crippen molar-refractivity contribution in [3.63, 3.8) is 0 Å². The highest BCUT2D eigenvalue weighted by Crippen LogP contribution is 2.20. The van der Waals surface area contributed by atoms with Crippen LogP contribution in [0.15, 0.2) is 40.9 Å². The summed E-state index contributed by atoms with van der Waals surface area (Å²) in [6, 6.07) is 10.3. The van der Waals surface area contributed by atoms with Crippen LogP contribution in [-0.2, 0) is 6.42 Å². The molecule has 0 radical (unpaired) electrons. The molecule has 0 unspecified atom stereocenters. The van der Waals surface area contributed by atoms with Crippen molar-refractivity contribution in [3.8, 4) is 0 Å². The summed E-state index contributed by atoms with van der Waals surface area (Å²) in [6.45, 7) is 3.99. The van der Waals surface area contributed by atoms with Gasteiger partial charge in [-0.15, -0.1) is 0 Å². The maximum Gasteiger partial charge on any atom is 0.167 e. The molecule has 2 aromatic carbocycles. The van der Waals surface area contributed by atoms with Crippen molar-refractivity contribution in [2.45, 2.75) is 20.3 Å². The first-order valence-corrected chi connectivity index (χ1v) is 6.81. The topological polar surface area (TPSA) is 17.1 Å². The Hall–Kier alpha value is -1.48. The van der Waals surface area contributed by atoms with Gasteiger partial charge in [0.25, 0.3) is 0 Å². The van der Waals surface area contributed by atoms with Crippen LogP contribution < -0.4 is 0 Å². The van der Waals surface area contributed by atoms with Gasteiger partial charge in [-0.05, 0) is 64.7 Å². The van der Waals surface area contributed by atoms with Gasteiger partial charge >= 0.3 is 0 Å². The molecule has 19 heavy (non-hydrogen) atoms. The summed E-state index contributed by atoms with van der Waals surface area (Å²) in [5.74, 6) is -0.360. The Morgan fingerprint density at radius 1 is 1.16 bits per heavy atom. The number of ketones is 1. The quantitative estimate of drug-likeness (QED) is 0.753. The second-order valence-electron chi connectivity index (χ2n) is 4.60. The Morgan fingerprint density at radius 2 is 1.79 bits per heavy atom. The molecule has 0 aliphatic rings. The van der Waals surface area contributed by atoms with Gasteiger partial charge in [-0.25, -0.2) is 4.39 Å². The Kier molecular flexibility index (Phi) is 4.15. The van der Waals surface area contributed by atoms with Gasteiger partial charge in [0.15, 0.2) is 5.78 Å². The lowest BCUT2D eigenvalue weighted by Gasteiger charge is -2.09. The first-order valence-electron chi connectivity index (χ1n) is 6.02. The maximum atomic E-state index is 13.2. The number of Topliss-reactive ketones (excluding diaryl/α,β-unsaturated/α-hetero) is 1. The number of halogens is 2. The summed E-state index contributed by atoms with van der Waals surface area (Å²) in [4.78, 5) is 12.2. The van der Waals surface area contributed by atoms with Gasteiger partial charge in [-0.1, -0.05) is 18.2 Å². The van der Waals surface area contributed by atoms with E-state index >= 15 is 0 Å². The minimum atomic E-state index is -0.358. The number of benzene rings is 2. The van der Waals surface area contributed by atoms with Crippen LogP contribution in [0, 0.1) is 19.7 Å². The molecule has 0 aromatic heterocycles. The van der Waals surface area contributed by atoms with Crippen LogP contribution >= 0.6 is 15.9 Å². The molecule has 0 heterocycles. The normalized spacial score (nSPS) is 10.5. The second-order valence-corrected chi connectivity index (χ2v) is 5.45. The van der Waals surface area contributed by atoms with E-state index in [1.807, 2.05) is 32.0 Å². The molecule has 0 aliphatic carbocycles. The van der Waals surface area contributed by atoms with Crippen molar-refractivity contribution in [1.29, 1.82) is 0 Å². The molecule has 0 aliphatic heterocycles. The van der Waals surface area contributed by atoms with Crippen molar-refractivity contribution in [2.75, 3.05) is 0 Å². The van der Waals surface area contributed by atoms with Crippen molar-refractivity contribution in [2.24, 2.45) is 0 Å². The van der Waals surface area contributed by atoms with Crippen LogP contribution in [0.4, 0.5) is 4.39 Å². The Bertz CT molecular complexity index is 614. The van der Waals surface area contributed by atoms with E-state index in [9.17, 15) is 9.18 Å². The average molecular weight is 321 g/mol. The minimum Gasteiger partial charge on any atom is -0.294 e. The van der Waals surface area contributed by atoms with E-state index in [2.05, 4.69) is 15.9 Å².